The molecule has 0 aliphatic carbocycles. The Bertz CT molecular complexity index is 516. The first-order valence-corrected chi connectivity index (χ1v) is 6.94. The molecular formula is C16H23N3. The van der Waals surface area contributed by atoms with Gasteiger partial charge in [0.25, 0.3) is 0 Å². The molecule has 0 saturated heterocycles. The lowest BCUT2D eigenvalue weighted by Gasteiger charge is -2.19. The number of hydrogen-bond acceptors (Lipinski definition) is 2. The molecule has 1 N–H and O–H groups in total. The Balaban J connectivity index is 2.18. The summed E-state index contributed by atoms with van der Waals surface area (Å²) >= 11 is 0. The summed E-state index contributed by atoms with van der Waals surface area (Å²) in [5, 5.41) is 7.74. The van der Waals surface area contributed by atoms with Crippen molar-refractivity contribution in [2.75, 3.05) is 13.1 Å². The van der Waals surface area contributed by atoms with Gasteiger partial charge in [0.05, 0.1) is 6.20 Å². The van der Waals surface area contributed by atoms with Crippen LogP contribution in [0.15, 0.2) is 36.7 Å². The van der Waals surface area contributed by atoms with Gasteiger partial charge < -0.3 is 5.32 Å². The van der Waals surface area contributed by atoms with E-state index in [1.807, 2.05) is 17.9 Å². The van der Waals surface area contributed by atoms with Crippen LogP contribution < -0.4 is 5.32 Å². The predicted octanol–water partition coefficient (Wildman–Crippen LogP) is 2.66. The molecule has 3 nitrogen and oxygen atoms in total. The third kappa shape index (κ3) is 3.67. The summed E-state index contributed by atoms with van der Waals surface area (Å²) < 4.78 is 1.87. The van der Waals surface area contributed by atoms with Gasteiger partial charge in [-0.05, 0) is 36.6 Å². The van der Waals surface area contributed by atoms with Crippen molar-refractivity contribution < 1.29 is 0 Å². The summed E-state index contributed by atoms with van der Waals surface area (Å²) in [5.74, 6) is 0.505. The zero-order valence-electron chi connectivity index (χ0n) is 12.1. The summed E-state index contributed by atoms with van der Waals surface area (Å²) in [5.41, 5.74) is 4.11. The molecule has 0 bridgehead atoms. The highest BCUT2D eigenvalue weighted by molar-refractivity contribution is 5.31. The Morgan fingerprint density at radius 2 is 2.11 bits per heavy atom. The smallest absolute Gasteiger partial charge is 0.0521 e. The zero-order chi connectivity index (χ0) is 13.7. The van der Waals surface area contributed by atoms with E-state index < -0.39 is 0 Å². The number of benzene rings is 1. The molecule has 0 aliphatic rings. The van der Waals surface area contributed by atoms with Crippen LogP contribution in [0.25, 0.3) is 0 Å². The van der Waals surface area contributed by atoms with Gasteiger partial charge in [0.15, 0.2) is 0 Å². The molecular weight excluding hydrogens is 234 g/mol. The second kappa shape index (κ2) is 6.53. The summed E-state index contributed by atoms with van der Waals surface area (Å²) in [6.07, 6.45) is 5.11. The van der Waals surface area contributed by atoms with Crippen molar-refractivity contribution in [2.24, 2.45) is 7.05 Å². The molecule has 1 aromatic carbocycles. The Morgan fingerprint density at radius 1 is 1.32 bits per heavy atom. The van der Waals surface area contributed by atoms with Gasteiger partial charge in [0.1, 0.15) is 0 Å². The topological polar surface area (TPSA) is 29.9 Å². The molecule has 0 saturated carbocycles. The van der Waals surface area contributed by atoms with E-state index in [9.17, 15) is 0 Å². The molecule has 0 aliphatic heterocycles. The van der Waals surface area contributed by atoms with Crippen molar-refractivity contribution in [3.8, 4) is 0 Å². The Hall–Kier alpha value is -1.61. The van der Waals surface area contributed by atoms with Crippen molar-refractivity contribution in [3.05, 3.63) is 53.3 Å². The lowest BCUT2D eigenvalue weighted by Crippen LogP contribution is -2.23. The van der Waals surface area contributed by atoms with Gasteiger partial charge in [-0.2, -0.15) is 5.10 Å². The molecule has 1 aromatic heterocycles. The number of aromatic nitrogens is 2. The Kier molecular flexibility index (Phi) is 4.74. The first-order chi connectivity index (χ1) is 9.20. The second-order valence-corrected chi connectivity index (χ2v) is 5.09. The van der Waals surface area contributed by atoms with Crippen LogP contribution in [0, 0.1) is 6.92 Å². The lowest BCUT2D eigenvalue weighted by molar-refractivity contribution is 0.592. The molecule has 0 radical (unpaired) electrons. The minimum absolute atomic E-state index is 0.505. The summed E-state index contributed by atoms with van der Waals surface area (Å²) in [6, 6.07) is 8.67. The van der Waals surface area contributed by atoms with E-state index in [4.69, 9.17) is 0 Å². The fourth-order valence-electron chi connectivity index (χ4n) is 2.52. The molecule has 0 amide bonds. The third-order valence-electron chi connectivity index (χ3n) is 3.51. The fraction of sp³-hybridized carbons (Fsp3) is 0.438. The van der Waals surface area contributed by atoms with Crippen molar-refractivity contribution in [2.45, 2.75) is 26.2 Å². The molecule has 0 fully saturated rings. The first kappa shape index (κ1) is 13.8. The van der Waals surface area contributed by atoms with Crippen LogP contribution in [-0.2, 0) is 13.5 Å². The van der Waals surface area contributed by atoms with Gasteiger partial charge in [-0.3, -0.25) is 4.68 Å². The summed E-state index contributed by atoms with van der Waals surface area (Å²) in [6.45, 7) is 6.36. The fourth-order valence-corrected chi connectivity index (χ4v) is 2.52. The van der Waals surface area contributed by atoms with Crippen molar-refractivity contribution in [1.29, 1.82) is 0 Å². The van der Waals surface area contributed by atoms with Crippen LogP contribution in [-0.4, -0.2) is 22.9 Å². The largest absolute Gasteiger partial charge is 0.316 e. The Morgan fingerprint density at radius 3 is 2.74 bits per heavy atom. The van der Waals surface area contributed by atoms with Gasteiger partial charge in [0, 0.05) is 25.7 Å². The lowest BCUT2D eigenvalue weighted by atomic mass is 9.90. The highest BCUT2D eigenvalue weighted by Gasteiger charge is 2.14. The molecule has 3 heteroatoms. The van der Waals surface area contributed by atoms with Crippen LogP contribution in [0.5, 0.6) is 0 Å². The van der Waals surface area contributed by atoms with E-state index in [1.54, 1.807) is 0 Å². The molecule has 2 aromatic rings. The summed E-state index contributed by atoms with van der Waals surface area (Å²) in [4.78, 5) is 0. The van der Waals surface area contributed by atoms with E-state index in [2.05, 4.69) is 54.7 Å². The highest BCUT2D eigenvalue weighted by Crippen LogP contribution is 2.23. The van der Waals surface area contributed by atoms with Crippen LogP contribution in [0.2, 0.25) is 0 Å². The second-order valence-electron chi connectivity index (χ2n) is 5.09. The van der Waals surface area contributed by atoms with Crippen molar-refractivity contribution in [3.63, 3.8) is 0 Å². The number of likely N-dealkylation sites (N-methyl/N-ethyl adjacent to an activating group) is 1. The molecule has 19 heavy (non-hydrogen) atoms. The summed E-state index contributed by atoms with van der Waals surface area (Å²) in [7, 11) is 1.97. The quantitative estimate of drug-likeness (QED) is 0.862. The monoisotopic (exact) mass is 257 g/mol. The normalized spacial score (nSPS) is 12.6. The van der Waals surface area contributed by atoms with Gasteiger partial charge in [-0.1, -0.05) is 31.2 Å². The van der Waals surface area contributed by atoms with E-state index in [0.717, 1.165) is 19.5 Å². The molecule has 1 heterocycles. The average Bonchev–Trinajstić information content (AvgIpc) is 2.81. The molecule has 2 rings (SSSR count). The minimum atomic E-state index is 0.505. The van der Waals surface area contributed by atoms with Crippen LogP contribution >= 0.6 is 0 Å². The number of nitrogens with zero attached hydrogens (tertiary/aromatic N) is 2. The van der Waals surface area contributed by atoms with E-state index >= 15 is 0 Å². The third-order valence-corrected chi connectivity index (χ3v) is 3.51. The maximum atomic E-state index is 4.26. The maximum Gasteiger partial charge on any atom is 0.0521 e. The zero-order valence-corrected chi connectivity index (χ0v) is 12.1. The Labute approximate surface area is 115 Å². The number of hydrogen-bond donors (Lipinski definition) is 1. The van der Waals surface area contributed by atoms with E-state index in [-0.39, 0.29) is 0 Å². The molecule has 0 spiro atoms. The van der Waals surface area contributed by atoms with Gasteiger partial charge >= 0.3 is 0 Å². The van der Waals surface area contributed by atoms with Gasteiger partial charge in [-0.25, -0.2) is 0 Å². The van der Waals surface area contributed by atoms with Crippen LogP contribution in [0.3, 0.4) is 0 Å². The van der Waals surface area contributed by atoms with Crippen molar-refractivity contribution in [1.82, 2.24) is 15.1 Å². The molecule has 102 valence electrons. The van der Waals surface area contributed by atoms with E-state index in [1.165, 1.54) is 16.7 Å². The number of aryl methyl sites for hydroxylation is 2. The predicted molar refractivity (Wildman–Crippen MR) is 79.4 cm³/mol. The highest BCUT2D eigenvalue weighted by atomic mass is 15.2. The average molecular weight is 257 g/mol. The first-order valence-electron chi connectivity index (χ1n) is 6.94. The number of nitrogens with one attached hydrogen (secondary N) is 1. The van der Waals surface area contributed by atoms with Gasteiger partial charge in [0.2, 0.25) is 0 Å². The standard InChI is InChI=1S/C16H23N3/c1-4-17-11-15(9-14-10-18-19(3)12-14)16-8-6-5-7-13(16)2/h5-8,10,12,15,17H,4,9,11H2,1-3H3. The van der Waals surface area contributed by atoms with E-state index in [0.29, 0.717) is 5.92 Å². The molecule has 1 unspecified atom stereocenters. The van der Waals surface area contributed by atoms with Crippen LogP contribution in [0.4, 0.5) is 0 Å². The maximum absolute atomic E-state index is 4.26. The van der Waals surface area contributed by atoms with Crippen LogP contribution in [0.1, 0.15) is 29.5 Å². The number of rotatable bonds is 6. The molecule has 1 atom stereocenters. The van der Waals surface area contributed by atoms with Gasteiger partial charge in [-0.15, -0.1) is 0 Å². The minimum Gasteiger partial charge on any atom is -0.316 e. The van der Waals surface area contributed by atoms with Crippen molar-refractivity contribution >= 4 is 0 Å². The SMILES string of the molecule is CCNCC(Cc1cnn(C)c1)c1ccccc1C.